The molecule has 23 heavy (non-hydrogen) atoms. The van der Waals surface area contributed by atoms with E-state index in [-0.39, 0.29) is 0 Å². The number of methoxy groups -OCH3 is 2. The lowest BCUT2D eigenvalue weighted by Crippen LogP contribution is -2.07. The van der Waals surface area contributed by atoms with Gasteiger partial charge in [0.15, 0.2) is 0 Å². The van der Waals surface area contributed by atoms with Gasteiger partial charge in [-0.1, -0.05) is 30.3 Å². The first-order valence-electron chi connectivity index (χ1n) is 7.48. The fraction of sp³-hybridized carbons (Fsp3) is 0.211. The molecule has 0 saturated carbocycles. The van der Waals surface area contributed by atoms with Crippen LogP contribution in [0.15, 0.2) is 64.0 Å². The van der Waals surface area contributed by atoms with Crippen LogP contribution < -0.4 is 10.1 Å². The second-order valence-corrected chi connectivity index (χ2v) is 5.10. The van der Waals surface area contributed by atoms with Gasteiger partial charge in [-0.15, -0.1) is 0 Å². The molecule has 3 aromatic rings. The lowest BCUT2D eigenvalue weighted by Gasteiger charge is -2.07. The van der Waals surface area contributed by atoms with E-state index in [1.165, 1.54) is 0 Å². The van der Waals surface area contributed by atoms with Gasteiger partial charge in [-0.25, -0.2) is 0 Å². The highest BCUT2D eigenvalue weighted by molar-refractivity contribution is 5.80. The molecule has 0 radical (unpaired) electrons. The molecular weight excluding hydrogens is 290 g/mol. The molecule has 0 aliphatic heterocycles. The van der Waals surface area contributed by atoms with E-state index < -0.39 is 0 Å². The van der Waals surface area contributed by atoms with Crippen LogP contribution in [-0.4, -0.2) is 27.4 Å². The number of hydrogen-bond acceptors (Lipinski definition) is 4. The molecule has 0 saturated heterocycles. The molecule has 0 N–H and O–H groups in total. The van der Waals surface area contributed by atoms with E-state index in [0.717, 1.165) is 33.4 Å². The predicted octanol–water partition coefficient (Wildman–Crippen LogP) is 3.66. The van der Waals surface area contributed by atoms with E-state index in [4.69, 9.17) is 13.9 Å². The highest BCUT2D eigenvalue weighted by Gasteiger charge is 2.07. The molecule has 4 heteroatoms. The van der Waals surface area contributed by atoms with Gasteiger partial charge in [0.25, 0.3) is 0 Å². The molecule has 0 aliphatic rings. The molecule has 0 unspecified atom stereocenters. The van der Waals surface area contributed by atoms with Gasteiger partial charge < -0.3 is 13.9 Å². The second kappa shape index (κ2) is 7.11. The third kappa shape index (κ3) is 3.43. The molecular formula is C19H19NO3. The van der Waals surface area contributed by atoms with Gasteiger partial charge in [0.2, 0.25) is 0 Å². The number of ether oxygens (including phenoxy) is 2. The average molecular weight is 309 g/mol. The van der Waals surface area contributed by atoms with Crippen LogP contribution in [0.3, 0.4) is 0 Å². The van der Waals surface area contributed by atoms with Crippen molar-refractivity contribution in [2.75, 3.05) is 27.4 Å². The summed E-state index contributed by atoms with van der Waals surface area (Å²) in [7, 11) is 3.32. The van der Waals surface area contributed by atoms with Crippen molar-refractivity contribution in [3.63, 3.8) is 0 Å². The van der Waals surface area contributed by atoms with Crippen molar-refractivity contribution in [3.05, 3.63) is 60.0 Å². The second-order valence-electron chi connectivity index (χ2n) is 5.10. The third-order valence-electron chi connectivity index (χ3n) is 3.59. The van der Waals surface area contributed by atoms with Crippen molar-refractivity contribution in [1.82, 2.24) is 0 Å². The van der Waals surface area contributed by atoms with Gasteiger partial charge in [-0.2, -0.15) is 0 Å². The molecule has 0 atom stereocenters. The summed E-state index contributed by atoms with van der Waals surface area (Å²) in [6.07, 6.45) is 0. The third-order valence-corrected chi connectivity index (χ3v) is 3.59. The van der Waals surface area contributed by atoms with Crippen LogP contribution in [0.1, 0.15) is 0 Å². The van der Waals surface area contributed by atoms with Crippen LogP contribution in [-0.2, 0) is 4.74 Å². The minimum Gasteiger partial charge on any atom is -0.497 e. The Morgan fingerprint density at radius 2 is 1.83 bits per heavy atom. The highest BCUT2D eigenvalue weighted by atomic mass is 16.5. The molecule has 0 fully saturated rings. The van der Waals surface area contributed by atoms with Crippen LogP contribution in [0.5, 0.6) is 5.75 Å². The first-order chi connectivity index (χ1) is 11.3. The minimum absolute atomic E-state index is 0.582. The number of fused-ring (bicyclic) bond motifs is 1. The van der Waals surface area contributed by atoms with E-state index in [0.29, 0.717) is 13.2 Å². The molecule has 0 aliphatic carbocycles. The van der Waals surface area contributed by atoms with Crippen LogP contribution in [0.4, 0.5) is 0 Å². The van der Waals surface area contributed by atoms with E-state index in [1.54, 1.807) is 14.2 Å². The Hall–Kier alpha value is -2.59. The SMILES string of the molecule is COCCN=c1cc(-c2ccccc2)oc2ccc(OC)cc12. The number of benzene rings is 2. The molecule has 0 amide bonds. The fourth-order valence-electron chi connectivity index (χ4n) is 2.41. The first-order valence-corrected chi connectivity index (χ1v) is 7.48. The van der Waals surface area contributed by atoms with E-state index in [9.17, 15) is 0 Å². The monoisotopic (exact) mass is 309 g/mol. The summed E-state index contributed by atoms with van der Waals surface area (Å²) >= 11 is 0. The largest absolute Gasteiger partial charge is 0.497 e. The molecule has 3 rings (SSSR count). The Morgan fingerprint density at radius 1 is 1.00 bits per heavy atom. The topological polar surface area (TPSA) is 44.0 Å². The molecule has 4 nitrogen and oxygen atoms in total. The van der Waals surface area contributed by atoms with Crippen LogP contribution in [0, 0.1) is 0 Å². The van der Waals surface area contributed by atoms with Crippen molar-refractivity contribution in [1.29, 1.82) is 0 Å². The van der Waals surface area contributed by atoms with Gasteiger partial charge in [-0.05, 0) is 18.2 Å². The van der Waals surface area contributed by atoms with E-state index in [1.807, 2.05) is 54.6 Å². The molecule has 1 aromatic heterocycles. The summed E-state index contributed by atoms with van der Waals surface area (Å²) < 4.78 is 16.5. The Labute approximate surface area is 135 Å². The molecule has 0 bridgehead atoms. The molecule has 118 valence electrons. The van der Waals surface area contributed by atoms with Gasteiger partial charge in [0, 0.05) is 24.1 Å². The maximum Gasteiger partial charge on any atom is 0.137 e. The molecule has 0 spiro atoms. The Bertz CT molecular complexity index is 853. The van der Waals surface area contributed by atoms with E-state index >= 15 is 0 Å². The summed E-state index contributed by atoms with van der Waals surface area (Å²) in [5.41, 5.74) is 1.80. The normalized spacial score (nSPS) is 11.8. The summed E-state index contributed by atoms with van der Waals surface area (Å²) in [6, 6.07) is 17.7. The quantitative estimate of drug-likeness (QED) is 0.676. The van der Waals surface area contributed by atoms with Crippen molar-refractivity contribution in [3.8, 4) is 17.1 Å². The maximum atomic E-state index is 6.05. The van der Waals surface area contributed by atoms with E-state index in [2.05, 4.69) is 4.99 Å². The van der Waals surface area contributed by atoms with Gasteiger partial charge >= 0.3 is 0 Å². The van der Waals surface area contributed by atoms with Crippen LogP contribution >= 0.6 is 0 Å². The zero-order valence-corrected chi connectivity index (χ0v) is 13.3. The number of nitrogens with zero attached hydrogens (tertiary/aromatic N) is 1. The zero-order chi connectivity index (χ0) is 16.1. The van der Waals surface area contributed by atoms with Gasteiger partial charge in [0.1, 0.15) is 17.1 Å². The minimum atomic E-state index is 0.582. The maximum absolute atomic E-state index is 6.05. The Balaban J connectivity index is 2.20. The Morgan fingerprint density at radius 3 is 2.57 bits per heavy atom. The van der Waals surface area contributed by atoms with Crippen LogP contribution in [0.2, 0.25) is 0 Å². The smallest absolute Gasteiger partial charge is 0.137 e. The number of rotatable bonds is 5. The Kier molecular flexibility index (Phi) is 4.74. The molecule has 1 heterocycles. The van der Waals surface area contributed by atoms with Gasteiger partial charge in [0.05, 0.1) is 25.6 Å². The lowest BCUT2D eigenvalue weighted by molar-refractivity contribution is 0.207. The van der Waals surface area contributed by atoms with Gasteiger partial charge in [-0.3, -0.25) is 4.99 Å². The van der Waals surface area contributed by atoms with Crippen molar-refractivity contribution >= 4 is 11.0 Å². The lowest BCUT2D eigenvalue weighted by atomic mass is 10.1. The first kappa shape index (κ1) is 15.3. The summed E-state index contributed by atoms with van der Waals surface area (Å²) in [6.45, 7) is 1.18. The fourth-order valence-corrected chi connectivity index (χ4v) is 2.41. The molecule has 2 aromatic carbocycles. The van der Waals surface area contributed by atoms with Crippen LogP contribution in [0.25, 0.3) is 22.3 Å². The summed E-state index contributed by atoms with van der Waals surface area (Å²) in [5, 5.41) is 1.81. The van der Waals surface area contributed by atoms with Crippen molar-refractivity contribution in [2.24, 2.45) is 4.99 Å². The standard InChI is InChI=1S/C19H19NO3/c1-21-11-10-20-17-13-19(14-6-4-3-5-7-14)23-18-9-8-15(22-2)12-16(17)18/h3-9,12-13H,10-11H2,1-2H3. The van der Waals surface area contributed by atoms with Crippen molar-refractivity contribution in [2.45, 2.75) is 0 Å². The summed E-state index contributed by atoms with van der Waals surface area (Å²) in [5.74, 6) is 1.57. The van der Waals surface area contributed by atoms with Crippen molar-refractivity contribution < 1.29 is 13.9 Å². The number of hydrogen-bond donors (Lipinski definition) is 0. The summed E-state index contributed by atoms with van der Waals surface area (Å²) in [4.78, 5) is 4.65. The highest BCUT2D eigenvalue weighted by Crippen LogP contribution is 2.24. The predicted molar refractivity (Wildman–Crippen MR) is 90.5 cm³/mol. The average Bonchev–Trinajstić information content (AvgIpc) is 2.62. The zero-order valence-electron chi connectivity index (χ0n) is 13.3.